The van der Waals surface area contributed by atoms with Gasteiger partial charge in [0.05, 0.1) is 5.56 Å². The summed E-state index contributed by atoms with van der Waals surface area (Å²) in [6.45, 7) is 4.48. The molecular weight excluding hydrogens is 278 g/mol. The molecule has 0 bridgehead atoms. The zero-order valence-corrected chi connectivity index (χ0v) is 14.2. The number of benzene rings is 1. The van der Waals surface area contributed by atoms with Crippen molar-refractivity contribution in [2.75, 3.05) is 17.7 Å². The van der Waals surface area contributed by atoms with Gasteiger partial charge in [-0.2, -0.15) is 0 Å². The normalized spacial score (nSPS) is 22.0. The molecule has 21 heavy (non-hydrogen) atoms. The molecule has 0 heterocycles. The van der Waals surface area contributed by atoms with Crippen LogP contribution >= 0.6 is 11.8 Å². The van der Waals surface area contributed by atoms with Crippen LogP contribution in [0.5, 0.6) is 0 Å². The third-order valence-corrected chi connectivity index (χ3v) is 5.35. The minimum absolute atomic E-state index is 0.178. The van der Waals surface area contributed by atoms with Crippen LogP contribution in [0, 0.1) is 11.3 Å². The van der Waals surface area contributed by atoms with Crippen LogP contribution in [0.3, 0.4) is 0 Å². The quantitative estimate of drug-likeness (QED) is 0.489. The van der Waals surface area contributed by atoms with Crippen molar-refractivity contribution in [1.82, 2.24) is 0 Å². The summed E-state index contributed by atoms with van der Waals surface area (Å²) in [6.07, 6.45) is 5.12. The lowest BCUT2D eigenvalue weighted by molar-refractivity contribution is 0.336. The fraction of sp³-hybridized carbons (Fsp3) is 0.588. The van der Waals surface area contributed by atoms with Crippen molar-refractivity contribution in [1.29, 1.82) is 5.41 Å². The highest BCUT2D eigenvalue weighted by molar-refractivity contribution is 7.99. The molecule has 1 aliphatic carbocycles. The van der Waals surface area contributed by atoms with E-state index in [1.165, 1.54) is 25.7 Å². The van der Waals surface area contributed by atoms with Crippen LogP contribution in [0.1, 0.15) is 45.1 Å². The van der Waals surface area contributed by atoms with Crippen LogP contribution in [0.4, 0.5) is 5.69 Å². The standard InChI is InChI=1S/C17H27N3S/c1-4-21-15-10-6-9-14(16(15)17(18)19)20(3)13-8-5-7-12(2)11-13/h6,9-10,12-13H,4-5,7-8,11H2,1-3H3,(H3,18,19). The highest BCUT2D eigenvalue weighted by Gasteiger charge is 2.25. The first-order valence-electron chi connectivity index (χ1n) is 7.87. The van der Waals surface area contributed by atoms with E-state index in [-0.39, 0.29) is 5.84 Å². The van der Waals surface area contributed by atoms with Gasteiger partial charge < -0.3 is 10.6 Å². The maximum absolute atomic E-state index is 7.98. The second-order valence-corrected chi connectivity index (χ2v) is 7.34. The molecule has 116 valence electrons. The Morgan fingerprint density at radius 3 is 2.81 bits per heavy atom. The van der Waals surface area contributed by atoms with E-state index in [4.69, 9.17) is 11.1 Å². The molecular formula is C17H27N3S. The molecule has 0 saturated heterocycles. The predicted octanol–water partition coefficient (Wildman–Crippen LogP) is 4.10. The second kappa shape index (κ2) is 7.21. The molecule has 2 unspecified atom stereocenters. The summed E-state index contributed by atoms with van der Waals surface area (Å²) in [4.78, 5) is 3.48. The zero-order chi connectivity index (χ0) is 15.4. The summed E-state index contributed by atoms with van der Waals surface area (Å²) in [5, 5.41) is 7.98. The van der Waals surface area contributed by atoms with Crippen molar-refractivity contribution in [2.45, 2.75) is 50.5 Å². The molecule has 0 amide bonds. The molecule has 1 saturated carbocycles. The van der Waals surface area contributed by atoms with Crippen molar-refractivity contribution in [3.8, 4) is 0 Å². The van der Waals surface area contributed by atoms with Crippen molar-refractivity contribution in [3.05, 3.63) is 23.8 Å². The van der Waals surface area contributed by atoms with E-state index in [1.807, 2.05) is 0 Å². The van der Waals surface area contributed by atoms with Crippen molar-refractivity contribution in [3.63, 3.8) is 0 Å². The summed E-state index contributed by atoms with van der Waals surface area (Å²) in [6, 6.07) is 6.83. The van der Waals surface area contributed by atoms with Crippen molar-refractivity contribution in [2.24, 2.45) is 11.7 Å². The number of nitrogen functional groups attached to an aromatic ring is 1. The minimum atomic E-state index is 0.178. The summed E-state index contributed by atoms with van der Waals surface area (Å²) >= 11 is 1.76. The molecule has 0 spiro atoms. The van der Waals surface area contributed by atoms with Gasteiger partial charge in [0.15, 0.2) is 0 Å². The molecule has 1 aromatic carbocycles. The molecule has 1 aromatic rings. The number of nitrogens with zero attached hydrogens (tertiary/aromatic N) is 1. The maximum atomic E-state index is 7.98. The second-order valence-electron chi connectivity index (χ2n) is 6.03. The maximum Gasteiger partial charge on any atom is 0.126 e. The number of nitrogens with one attached hydrogen (secondary N) is 1. The molecule has 0 radical (unpaired) electrons. The van der Waals surface area contributed by atoms with Gasteiger partial charge in [-0.25, -0.2) is 0 Å². The number of nitrogens with two attached hydrogens (primary N) is 1. The summed E-state index contributed by atoms with van der Waals surface area (Å²) in [7, 11) is 2.16. The Kier molecular flexibility index (Phi) is 5.57. The van der Waals surface area contributed by atoms with E-state index in [9.17, 15) is 0 Å². The smallest absolute Gasteiger partial charge is 0.126 e. The van der Waals surface area contributed by atoms with Crippen LogP contribution < -0.4 is 10.6 Å². The van der Waals surface area contributed by atoms with Gasteiger partial charge >= 0.3 is 0 Å². The SMILES string of the molecule is CCSc1cccc(N(C)C2CCCC(C)C2)c1C(=N)N. The first kappa shape index (κ1) is 16.2. The highest BCUT2D eigenvalue weighted by atomic mass is 32.2. The average Bonchev–Trinajstić information content (AvgIpc) is 2.46. The van der Waals surface area contributed by atoms with Crippen LogP contribution in [0.2, 0.25) is 0 Å². The monoisotopic (exact) mass is 305 g/mol. The van der Waals surface area contributed by atoms with E-state index in [2.05, 4.69) is 44.0 Å². The summed E-state index contributed by atoms with van der Waals surface area (Å²) < 4.78 is 0. The Bertz CT molecular complexity index is 501. The molecule has 3 nitrogen and oxygen atoms in total. The van der Waals surface area contributed by atoms with E-state index in [0.29, 0.717) is 6.04 Å². The lowest BCUT2D eigenvalue weighted by Crippen LogP contribution is -2.37. The van der Waals surface area contributed by atoms with Crippen LogP contribution in [-0.2, 0) is 0 Å². The van der Waals surface area contributed by atoms with Gasteiger partial charge in [-0.15, -0.1) is 11.8 Å². The molecule has 3 N–H and O–H groups in total. The fourth-order valence-electron chi connectivity index (χ4n) is 3.31. The largest absolute Gasteiger partial charge is 0.384 e. The highest BCUT2D eigenvalue weighted by Crippen LogP contribution is 2.34. The Hall–Kier alpha value is -1.16. The number of anilines is 1. The Labute approximate surface area is 132 Å². The van der Waals surface area contributed by atoms with E-state index in [0.717, 1.165) is 27.8 Å². The van der Waals surface area contributed by atoms with Gasteiger partial charge in [0.1, 0.15) is 5.84 Å². The fourth-order valence-corrected chi connectivity index (χ4v) is 4.16. The Balaban J connectivity index is 2.33. The van der Waals surface area contributed by atoms with Gasteiger partial charge in [-0.05, 0) is 36.6 Å². The van der Waals surface area contributed by atoms with E-state index < -0.39 is 0 Å². The summed E-state index contributed by atoms with van der Waals surface area (Å²) in [5.41, 5.74) is 7.90. The average molecular weight is 305 g/mol. The number of rotatable bonds is 5. The van der Waals surface area contributed by atoms with E-state index in [1.54, 1.807) is 11.8 Å². The van der Waals surface area contributed by atoms with Gasteiger partial charge in [0, 0.05) is 23.7 Å². The van der Waals surface area contributed by atoms with Crippen LogP contribution in [-0.4, -0.2) is 24.7 Å². The summed E-state index contributed by atoms with van der Waals surface area (Å²) in [5.74, 6) is 1.96. The molecule has 1 fully saturated rings. The van der Waals surface area contributed by atoms with Crippen LogP contribution in [0.25, 0.3) is 0 Å². The third kappa shape index (κ3) is 3.73. The number of amidine groups is 1. The predicted molar refractivity (Wildman–Crippen MR) is 93.7 cm³/mol. The Morgan fingerprint density at radius 1 is 1.43 bits per heavy atom. The van der Waals surface area contributed by atoms with Gasteiger partial charge in [-0.3, -0.25) is 5.41 Å². The number of hydrogen-bond donors (Lipinski definition) is 2. The Morgan fingerprint density at radius 2 is 2.19 bits per heavy atom. The number of hydrogen-bond acceptors (Lipinski definition) is 3. The molecule has 0 aliphatic heterocycles. The van der Waals surface area contributed by atoms with Crippen LogP contribution in [0.15, 0.2) is 23.1 Å². The van der Waals surface area contributed by atoms with Gasteiger partial charge in [0.2, 0.25) is 0 Å². The zero-order valence-electron chi connectivity index (χ0n) is 13.4. The third-order valence-electron chi connectivity index (χ3n) is 4.41. The molecule has 2 atom stereocenters. The van der Waals surface area contributed by atoms with Gasteiger partial charge in [-0.1, -0.05) is 32.8 Å². The van der Waals surface area contributed by atoms with E-state index >= 15 is 0 Å². The first-order chi connectivity index (χ1) is 10.0. The van der Waals surface area contributed by atoms with Crippen molar-refractivity contribution >= 4 is 23.3 Å². The first-order valence-corrected chi connectivity index (χ1v) is 8.86. The minimum Gasteiger partial charge on any atom is -0.384 e. The number of thioether (sulfide) groups is 1. The lowest BCUT2D eigenvalue weighted by atomic mass is 9.86. The molecule has 0 aromatic heterocycles. The lowest BCUT2D eigenvalue weighted by Gasteiger charge is -2.36. The van der Waals surface area contributed by atoms with Crippen molar-refractivity contribution < 1.29 is 0 Å². The van der Waals surface area contributed by atoms with Gasteiger partial charge in [0.25, 0.3) is 0 Å². The molecule has 4 heteroatoms. The molecule has 2 rings (SSSR count). The topological polar surface area (TPSA) is 53.1 Å². The molecule has 1 aliphatic rings.